The molecule has 6 N–H and O–H groups in total. The Labute approximate surface area is 191 Å². The molecule has 33 heavy (non-hydrogen) atoms. The maximum absolute atomic E-state index is 11.2. The number of unbranched alkanes of at least 4 members (excludes halogenated alkanes) is 1. The number of hydrogen-bond donors (Lipinski definition) is 4. The quantitative estimate of drug-likeness (QED) is 0.285. The lowest BCUT2D eigenvalue weighted by Gasteiger charge is -2.14. The minimum Gasteiger partial charge on any atom is -0.404 e. The normalized spacial score (nSPS) is 12.0. The van der Waals surface area contributed by atoms with E-state index in [-0.39, 0.29) is 5.75 Å². The van der Waals surface area contributed by atoms with Crippen molar-refractivity contribution in [1.82, 2.24) is 14.5 Å². The van der Waals surface area contributed by atoms with Crippen LogP contribution in [0.3, 0.4) is 0 Å². The molecule has 2 aromatic carbocycles. The predicted octanol–water partition coefficient (Wildman–Crippen LogP) is 3.80. The summed E-state index contributed by atoms with van der Waals surface area (Å²) in [6.45, 7) is 4.81. The summed E-state index contributed by atoms with van der Waals surface area (Å²) in [5.41, 5.74) is 17.1. The van der Waals surface area contributed by atoms with Crippen LogP contribution in [0.2, 0.25) is 0 Å². The van der Waals surface area contributed by atoms with Gasteiger partial charge in [-0.05, 0) is 48.2 Å². The van der Waals surface area contributed by atoms with Crippen molar-refractivity contribution < 1.29 is 18.9 Å². The number of nitrogens with two attached hydrogens (primary N) is 2. The van der Waals surface area contributed by atoms with Gasteiger partial charge >= 0.3 is 7.82 Å². The molecule has 0 bridgehead atoms. The molecule has 0 saturated heterocycles. The van der Waals surface area contributed by atoms with Gasteiger partial charge in [0.25, 0.3) is 0 Å². The summed E-state index contributed by atoms with van der Waals surface area (Å²) in [6, 6.07) is 11.1. The number of hydrogen-bond acceptors (Lipinski definition) is 6. The Morgan fingerprint density at radius 2 is 1.88 bits per heavy atom. The Bertz CT molecular complexity index is 1380. The van der Waals surface area contributed by atoms with Crippen LogP contribution in [-0.4, -0.2) is 24.3 Å². The van der Waals surface area contributed by atoms with E-state index in [0.29, 0.717) is 30.0 Å². The summed E-state index contributed by atoms with van der Waals surface area (Å²) in [5.74, 6) is 1.45. The summed E-state index contributed by atoms with van der Waals surface area (Å²) >= 11 is 0. The molecule has 4 rings (SSSR count). The summed E-state index contributed by atoms with van der Waals surface area (Å²) in [7, 11) is -4.63. The van der Waals surface area contributed by atoms with Crippen LogP contribution in [0.25, 0.3) is 21.9 Å². The van der Waals surface area contributed by atoms with Crippen LogP contribution in [0, 0.1) is 6.92 Å². The molecule has 2 aromatic heterocycles. The van der Waals surface area contributed by atoms with E-state index in [1.165, 1.54) is 0 Å². The van der Waals surface area contributed by atoms with Gasteiger partial charge in [-0.1, -0.05) is 31.5 Å². The number of rotatable bonds is 8. The Morgan fingerprint density at radius 3 is 2.55 bits per heavy atom. The third-order valence-corrected chi connectivity index (χ3v) is 6.07. The molecule has 4 aromatic rings. The maximum atomic E-state index is 11.2. The van der Waals surface area contributed by atoms with Crippen molar-refractivity contribution in [2.75, 3.05) is 5.73 Å². The fraction of sp³-hybridized carbons (Fsp3) is 0.304. The van der Waals surface area contributed by atoms with Crippen LogP contribution in [0.15, 0.2) is 36.4 Å². The SMILES string of the molecule is CCCCc1nc2c(N)nc3ccc(CN)cc3c2n1Cc1ccc(OP(=O)(O)O)c(C)c1. The highest BCUT2D eigenvalue weighted by atomic mass is 31.2. The number of aromatic nitrogens is 3. The lowest BCUT2D eigenvalue weighted by atomic mass is 10.1. The zero-order valence-electron chi connectivity index (χ0n) is 18.7. The second-order valence-corrected chi connectivity index (χ2v) is 9.31. The lowest BCUT2D eigenvalue weighted by Crippen LogP contribution is -2.07. The van der Waals surface area contributed by atoms with Crippen LogP contribution in [0.4, 0.5) is 5.82 Å². The molecule has 2 heterocycles. The summed E-state index contributed by atoms with van der Waals surface area (Å²) in [6.07, 6.45) is 2.81. The zero-order chi connectivity index (χ0) is 23.8. The van der Waals surface area contributed by atoms with E-state index in [4.69, 9.17) is 30.8 Å². The van der Waals surface area contributed by atoms with Crippen molar-refractivity contribution in [2.24, 2.45) is 5.73 Å². The van der Waals surface area contributed by atoms with Gasteiger partial charge in [-0.25, -0.2) is 14.5 Å². The smallest absolute Gasteiger partial charge is 0.404 e. The van der Waals surface area contributed by atoms with Gasteiger partial charge < -0.3 is 20.6 Å². The molecule has 0 aliphatic rings. The van der Waals surface area contributed by atoms with Crippen molar-refractivity contribution in [3.8, 4) is 5.75 Å². The molecule has 0 spiro atoms. The van der Waals surface area contributed by atoms with Crippen molar-refractivity contribution in [3.05, 3.63) is 58.9 Å². The first kappa shape index (κ1) is 23.2. The highest BCUT2D eigenvalue weighted by Crippen LogP contribution is 2.39. The zero-order valence-corrected chi connectivity index (χ0v) is 19.5. The molecule has 0 aliphatic carbocycles. The van der Waals surface area contributed by atoms with Crippen LogP contribution in [-0.2, 0) is 24.1 Å². The monoisotopic (exact) mass is 469 g/mol. The third kappa shape index (κ3) is 4.86. The van der Waals surface area contributed by atoms with Gasteiger partial charge in [-0.3, -0.25) is 9.79 Å². The molecule has 0 aliphatic heterocycles. The average molecular weight is 469 g/mol. The van der Waals surface area contributed by atoms with Crippen LogP contribution in [0.5, 0.6) is 5.75 Å². The minimum absolute atomic E-state index is 0.153. The molecule has 10 heteroatoms. The minimum atomic E-state index is -4.63. The largest absolute Gasteiger partial charge is 0.524 e. The highest BCUT2D eigenvalue weighted by Gasteiger charge is 2.20. The number of phosphoric ester groups is 1. The van der Waals surface area contributed by atoms with Gasteiger partial charge in [0.2, 0.25) is 0 Å². The first-order valence-electron chi connectivity index (χ1n) is 10.8. The maximum Gasteiger partial charge on any atom is 0.524 e. The second-order valence-electron chi connectivity index (χ2n) is 8.15. The van der Waals surface area contributed by atoms with Gasteiger partial charge in [-0.15, -0.1) is 0 Å². The Hall–Kier alpha value is -2.97. The Morgan fingerprint density at radius 1 is 1.12 bits per heavy atom. The number of imidazole rings is 1. The molecule has 0 amide bonds. The fourth-order valence-electron chi connectivity index (χ4n) is 4.05. The first-order valence-corrected chi connectivity index (χ1v) is 12.3. The molecule has 0 atom stereocenters. The standard InChI is InChI=1S/C23H28N5O4P/c1-3-4-5-20-27-21-22(17-11-15(12-24)6-8-18(17)26-23(21)25)28(20)13-16-7-9-19(14(2)10-16)32-33(29,30)31/h6-11H,3-5,12-13,24H2,1-2H3,(H2,25,26)(H2,29,30,31). The molecule has 0 radical (unpaired) electrons. The van der Waals surface area contributed by atoms with Crippen molar-refractivity contribution in [3.63, 3.8) is 0 Å². The fourth-order valence-corrected chi connectivity index (χ4v) is 4.51. The topological polar surface area (TPSA) is 150 Å². The third-order valence-electron chi connectivity index (χ3n) is 5.63. The number of nitrogen functional groups attached to an aromatic ring is 1. The number of fused-ring (bicyclic) bond motifs is 3. The molecule has 9 nitrogen and oxygen atoms in total. The molecule has 0 saturated carbocycles. The van der Waals surface area contributed by atoms with Crippen LogP contribution >= 0.6 is 7.82 Å². The molecular weight excluding hydrogens is 441 g/mol. The predicted molar refractivity (Wildman–Crippen MR) is 129 cm³/mol. The number of pyridine rings is 1. The number of phosphoric acid groups is 1. The summed E-state index contributed by atoms with van der Waals surface area (Å²) in [5, 5.41) is 0.940. The Balaban J connectivity index is 1.87. The van der Waals surface area contributed by atoms with Crippen molar-refractivity contribution >= 4 is 35.6 Å². The van der Waals surface area contributed by atoms with E-state index >= 15 is 0 Å². The van der Waals surface area contributed by atoms with E-state index < -0.39 is 7.82 Å². The number of nitrogens with zero attached hydrogens (tertiary/aromatic N) is 3. The average Bonchev–Trinajstić information content (AvgIpc) is 3.12. The molecule has 0 fully saturated rings. The summed E-state index contributed by atoms with van der Waals surface area (Å²) < 4.78 is 18.2. The van der Waals surface area contributed by atoms with Crippen molar-refractivity contribution in [1.29, 1.82) is 0 Å². The molecule has 174 valence electrons. The molecule has 0 unspecified atom stereocenters. The van der Waals surface area contributed by atoms with Gasteiger partial charge in [0, 0.05) is 24.9 Å². The number of benzene rings is 2. The summed E-state index contributed by atoms with van der Waals surface area (Å²) in [4.78, 5) is 27.7. The van der Waals surface area contributed by atoms with Crippen LogP contribution < -0.4 is 16.0 Å². The lowest BCUT2D eigenvalue weighted by molar-refractivity contribution is 0.282. The van der Waals surface area contributed by atoms with E-state index in [2.05, 4.69) is 16.5 Å². The first-order chi connectivity index (χ1) is 15.7. The Kier molecular flexibility index (Phi) is 6.41. The van der Waals surface area contributed by atoms with E-state index in [9.17, 15) is 4.57 Å². The van der Waals surface area contributed by atoms with E-state index in [1.807, 2.05) is 24.3 Å². The van der Waals surface area contributed by atoms with E-state index in [1.54, 1.807) is 19.1 Å². The van der Waals surface area contributed by atoms with E-state index in [0.717, 1.165) is 52.6 Å². The van der Waals surface area contributed by atoms with Crippen molar-refractivity contribution in [2.45, 2.75) is 46.2 Å². The number of aryl methyl sites for hydroxylation is 2. The second kappa shape index (κ2) is 9.11. The van der Waals surface area contributed by atoms with Gasteiger partial charge in [0.15, 0.2) is 5.82 Å². The van der Waals surface area contributed by atoms with Gasteiger partial charge in [0.1, 0.15) is 17.1 Å². The van der Waals surface area contributed by atoms with Crippen LogP contribution in [0.1, 0.15) is 42.3 Å². The highest BCUT2D eigenvalue weighted by molar-refractivity contribution is 7.46. The molecular formula is C23H28N5O4P. The van der Waals surface area contributed by atoms with Gasteiger partial charge in [0.05, 0.1) is 11.0 Å². The number of anilines is 1. The van der Waals surface area contributed by atoms with Gasteiger partial charge in [-0.2, -0.15) is 0 Å².